The molecule has 2 N–H and O–H groups in total. The maximum Gasteiger partial charge on any atom is 0.242 e. The van der Waals surface area contributed by atoms with Crippen molar-refractivity contribution < 1.29 is 17.9 Å². The van der Waals surface area contributed by atoms with Gasteiger partial charge >= 0.3 is 0 Å². The number of rotatable bonds is 9. The van der Waals surface area contributed by atoms with E-state index < -0.39 is 16.1 Å². The summed E-state index contributed by atoms with van der Waals surface area (Å²) in [6, 6.07) is 3.87. The van der Waals surface area contributed by atoms with Crippen molar-refractivity contribution >= 4 is 27.5 Å². The van der Waals surface area contributed by atoms with E-state index in [0.29, 0.717) is 32.7 Å². The van der Waals surface area contributed by atoms with Crippen LogP contribution in [0.15, 0.2) is 23.1 Å². The molecule has 9 heteroatoms. The molecular formula is C19H30ClN3O4S. The van der Waals surface area contributed by atoms with Gasteiger partial charge in [-0.3, -0.25) is 9.69 Å². The van der Waals surface area contributed by atoms with Crippen molar-refractivity contribution in [2.24, 2.45) is 5.92 Å². The van der Waals surface area contributed by atoms with Gasteiger partial charge in [0.25, 0.3) is 0 Å². The number of benzene rings is 1. The lowest BCUT2D eigenvalue weighted by Crippen LogP contribution is -2.51. The Morgan fingerprint density at radius 3 is 2.61 bits per heavy atom. The predicted octanol–water partition coefficient (Wildman–Crippen LogP) is 1.79. The quantitative estimate of drug-likeness (QED) is 0.622. The Labute approximate surface area is 172 Å². The van der Waals surface area contributed by atoms with Crippen LogP contribution in [-0.2, 0) is 19.6 Å². The molecule has 1 aliphatic heterocycles. The molecule has 158 valence electrons. The minimum atomic E-state index is -3.92. The Hall–Kier alpha value is -1.19. The van der Waals surface area contributed by atoms with Crippen LogP contribution in [0.2, 0.25) is 5.02 Å². The summed E-state index contributed by atoms with van der Waals surface area (Å²) in [5, 5.41) is 3.00. The van der Waals surface area contributed by atoms with Gasteiger partial charge < -0.3 is 10.1 Å². The summed E-state index contributed by atoms with van der Waals surface area (Å²) in [6.45, 7) is 9.84. The van der Waals surface area contributed by atoms with Crippen molar-refractivity contribution in [1.29, 1.82) is 0 Å². The maximum atomic E-state index is 12.8. The number of amides is 1. The Morgan fingerprint density at radius 1 is 1.32 bits per heavy atom. The SMILES string of the molecule is CCC(C)C(NS(=O)(=O)c1ccc(C)cc1Cl)C(=O)NCCN1CCOCC1. The summed E-state index contributed by atoms with van der Waals surface area (Å²) in [5.74, 6) is -0.489. The van der Waals surface area contributed by atoms with Crippen LogP contribution in [0.5, 0.6) is 0 Å². The molecule has 2 unspecified atom stereocenters. The van der Waals surface area contributed by atoms with E-state index in [-0.39, 0.29) is 21.7 Å². The first-order valence-electron chi connectivity index (χ1n) is 9.61. The van der Waals surface area contributed by atoms with E-state index in [1.54, 1.807) is 12.1 Å². The fourth-order valence-corrected chi connectivity index (χ4v) is 4.89. The van der Waals surface area contributed by atoms with E-state index in [1.807, 2.05) is 20.8 Å². The number of morpholine rings is 1. The van der Waals surface area contributed by atoms with Crippen molar-refractivity contribution in [3.8, 4) is 0 Å². The van der Waals surface area contributed by atoms with Gasteiger partial charge in [-0.15, -0.1) is 0 Å². The van der Waals surface area contributed by atoms with Crippen LogP contribution in [-0.4, -0.2) is 64.7 Å². The van der Waals surface area contributed by atoms with Gasteiger partial charge in [-0.1, -0.05) is 37.9 Å². The molecule has 0 spiro atoms. The number of halogens is 1. The molecule has 1 aromatic rings. The summed E-state index contributed by atoms with van der Waals surface area (Å²) >= 11 is 6.12. The number of carbonyl (C=O) groups is 1. The molecule has 0 bridgehead atoms. The molecule has 2 atom stereocenters. The first-order chi connectivity index (χ1) is 13.2. The van der Waals surface area contributed by atoms with Crippen molar-refractivity contribution in [3.63, 3.8) is 0 Å². The number of ether oxygens (including phenoxy) is 1. The number of hydrogen-bond acceptors (Lipinski definition) is 5. The van der Waals surface area contributed by atoms with Gasteiger partial charge in [-0.25, -0.2) is 8.42 Å². The van der Waals surface area contributed by atoms with Gasteiger partial charge in [0.15, 0.2) is 0 Å². The molecule has 1 heterocycles. The zero-order valence-electron chi connectivity index (χ0n) is 16.7. The lowest BCUT2D eigenvalue weighted by atomic mass is 9.99. The van der Waals surface area contributed by atoms with E-state index >= 15 is 0 Å². The number of carbonyl (C=O) groups excluding carboxylic acids is 1. The van der Waals surface area contributed by atoms with Crippen molar-refractivity contribution in [2.75, 3.05) is 39.4 Å². The second kappa shape index (κ2) is 10.5. The topological polar surface area (TPSA) is 87.7 Å². The number of sulfonamides is 1. The summed E-state index contributed by atoms with van der Waals surface area (Å²) < 4.78 is 33.5. The largest absolute Gasteiger partial charge is 0.379 e. The zero-order chi connectivity index (χ0) is 20.7. The van der Waals surface area contributed by atoms with Crippen LogP contribution in [0.4, 0.5) is 0 Å². The third-order valence-electron chi connectivity index (χ3n) is 4.99. The maximum absolute atomic E-state index is 12.8. The molecule has 0 radical (unpaired) electrons. The lowest BCUT2D eigenvalue weighted by molar-refractivity contribution is -0.123. The summed E-state index contributed by atoms with van der Waals surface area (Å²) in [7, 11) is -3.92. The molecule has 1 saturated heterocycles. The molecule has 1 aliphatic rings. The minimum Gasteiger partial charge on any atom is -0.379 e. The van der Waals surface area contributed by atoms with Crippen molar-refractivity contribution in [2.45, 2.75) is 38.1 Å². The van der Waals surface area contributed by atoms with Gasteiger partial charge in [0, 0.05) is 26.2 Å². The van der Waals surface area contributed by atoms with Crippen LogP contribution in [0, 0.1) is 12.8 Å². The fourth-order valence-electron chi connectivity index (χ4n) is 2.99. The predicted molar refractivity (Wildman–Crippen MR) is 110 cm³/mol. The fraction of sp³-hybridized carbons (Fsp3) is 0.632. The highest BCUT2D eigenvalue weighted by atomic mass is 35.5. The Morgan fingerprint density at radius 2 is 2.00 bits per heavy atom. The molecule has 0 aliphatic carbocycles. The number of hydrogen-bond donors (Lipinski definition) is 2. The van der Waals surface area contributed by atoms with Gasteiger partial charge in [-0.05, 0) is 30.5 Å². The van der Waals surface area contributed by atoms with E-state index in [4.69, 9.17) is 16.3 Å². The second-order valence-corrected chi connectivity index (χ2v) is 9.25. The molecule has 0 aromatic heterocycles. The normalized spacial score (nSPS) is 17.9. The van der Waals surface area contributed by atoms with Crippen LogP contribution in [0.3, 0.4) is 0 Å². The first kappa shape index (κ1) is 23.1. The summed E-state index contributed by atoms with van der Waals surface area (Å²) in [4.78, 5) is 14.9. The minimum absolute atomic E-state index is 0.0193. The van der Waals surface area contributed by atoms with Crippen molar-refractivity contribution in [3.05, 3.63) is 28.8 Å². The van der Waals surface area contributed by atoms with Crippen molar-refractivity contribution in [1.82, 2.24) is 14.9 Å². The Kier molecular flexibility index (Phi) is 8.70. The van der Waals surface area contributed by atoms with E-state index in [0.717, 1.165) is 18.7 Å². The number of nitrogens with zero attached hydrogens (tertiary/aromatic N) is 1. The molecular weight excluding hydrogens is 402 g/mol. The molecule has 28 heavy (non-hydrogen) atoms. The third kappa shape index (κ3) is 6.42. The summed E-state index contributed by atoms with van der Waals surface area (Å²) in [5.41, 5.74) is 0.864. The number of aryl methyl sites for hydroxylation is 1. The highest BCUT2D eigenvalue weighted by Gasteiger charge is 2.30. The van der Waals surface area contributed by atoms with E-state index in [1.165, 1.54) is 6.07 Å². The third-order valence-corrected chi connectivity index (χ3v) is 6.91. The van der Waals surface area contributed by atoms with Crippen LogP contribution in [0.25, 0.3) is 0 Å². The van der Waals surface area contributed by atoms with Gasteiger partial charge in [0.05, 0.1) is 18.2 Å². The average molecular weight is 432 g/mol. The monoisotopic (exact) mass is 431 g/mol. The standard InChI is InChI=1S/C19H30ClN3O4S/c1-4-15(3)18(19(24)21-7-8-23-9-11-27-12-10-23)22-28(25,26)17-6-5-14(2)13-16(17)20/h5-6,13,15,18,22H,4,7-12H2,1-3H3,(H,21,24). The Balaban J connectivity index is 2.04. The van der Waals surface area contributed by atoms with E-state index in [2.05, 4.69) is 14.9 Å². The number of nitrogens with one attached hydrogen (secondary N) is 2. The molecule has 1 amide bonds. The van der Waals surface area contributed by atoms with Gasteiger partial charge in [-0.2, -0.15) is 4.72 Å². The average Bonchev–Trinajstić information content (AvgIpc) is 2.66. The highest BCUT2D eigenvalue weighted by molar-refractivity contribution is 7.89. The second-order valence-electron chi connectivity index (χ2n) is 7.16. The van der Waals surface area contributed by atoms with E-state index in [9.17, 15) is 13.2 Å². The lowest BCUT2D eigenvalue weighted by Gasteiger charge is -2.27. The van der Waals surface area contributed by atoms with Crippen LogP contribution < -0.4 is 10.0 Å². The van der Waals surface area contributed by atoms with Gasteiger partial charge in [0.1, 0.15) is 10.9 Å². The van der Waals surface area contributed by atoms with Crippen LogP contribution in [0.1, 0.15) is 25.8 Å². The first-order valence-corrected chi connectivity index (χ1v) is 11.5. The summed E-state index contributed by atoms with van der Waals surface area (Å²) in [6.07, 6.45) is 0.658. The van der Waals surface area contributed by atoms with Gasteiger partial charge in [0.2, 0.25) is 15.9 Å². The highest BCUT2D eigenvalue weighted by Crippen LogP contribution is 2.23. The molecule has 1 fully saturated rings. The Bertz CT molecular complexity index is 766. The molecule has 7 nitrogen and oxygen atoms in total. The molecule has 0 saturated carbocycles. The smallest absolute Gasteiger partial charge is 0.242 e. The van der Waals surface area contributed by atoms with Crippen LogP contribution >= 0.6 is 11.6 Å². The zero-order valence-corrected chi connectivity index (χ0v) is 18.3. The molecule has 1 aromatic carbocycles. The molecule has 2 rings (SSSR count).